The first kappa shape index (κ1) is 20.0. The Morgan fingerprint density at radius 3 is 2.55 bits per heavy atom. The van der Waals surface area contributed by atoms with Crippen LogP contribution in [0.4, 0.5) is 0 Å². The Bertz CT molecular complexity index is 756. The molecule has 3 aliphatic rings. The van der Waals surface area contributed by atoms with Gasteiger partial charge >= 0.3 is 0 Å². The third-order valence-corrected chi connectivity index (χ3v) is 6.33. The number of carbonyl (C=O) groups is 1. The van der Waals surface area contributed by atoms with E-state index in [1.165, 1.54) is 5.56 Å². The minimum atomic E-state index is -0.248. The number of piperidine rings is 1. The van der Waals surface area contributed by atoms with Crippen molar-refractivity contribution >= 4 is 18.1 Å². The zero-order valence-corrected chi connectivity index (χ0v) is 17.3. The van der Waals surface area contributed by atoms with Crippen molar-refractivity contribution in [3.63, 3.8) is 0 Å². The average Bonchev–Trinajstić information content (AvgIpc) is 3.20. The Labute approximate surface area is 173 Å². The summed E-state index contributed by atoms with van der Waals surface area (Å²) in [4.78, 5) is 28.5. The molecule has 0 aliphatic carbocycles. The van der Waals surface area contributed by atoms with Crippen molar-refractivity contribution in [2.24, 2.45) is 21.6 Å². The van der Waals surface area contributed by atoms with Gasteiger partial charge in [0.15, 0.2) is 0 Å². The van der Waals surface area contributed by atoms with Crippen molar-refractivity contribution in [1.82, 2.24) is 14.7 Å². The lowest BCUT2D eigenvalue weighted by atomic mass is 10.0. The molecule has 1 aromatic carbocycles. The summed E-state index contributed by atoms with van der Waals surface area (Å²) in [5.74, 6) is 0.623. The number of hydrogen-bond donors (Lipinski definition) is 1. The molecule has 156 valence electrons. The van der Waals surface area contributed by atoms with Crippen LogP contribution in [0, 0.1) is 5.92 Å². The maximum Gasteiger partial charge on any atom is 0.232 e. The largest absolute Gasteiger partial charge is 0.342 e. The van der Waals surface area contributed by atoms with Gasteiger partial charge in [-0.25, -0.2) is 9.98 Å². The summed E-state index contributed by atoms with van der Waals surface area (Å²) in [6, 6.07) is 11.1. The zero-order chi connectivity index (χ0) is 20.2. The van der Waals surface area contributed by atoms with Gasteiger partial charge in [-0.05, 0) is 24.8 Å². The van der Waals surface area contributed by atoms with Gasteiger partial charge in [0.1, 0.15) is 0 Å². The molecule has 29 heavy (non-hydrogen) atoms. The number of aliphatic imine (C=N–C) groups is 2. The number of likely N-dealkylation sites (tertiary alicyclic amines) is 2. The monoisotopic (exact) mass is 396 g/mol. The molecule has 2 unspecified atom stereocenters. The van der Waals surface area contributed by atoms with E-state index < -0.39 is 0 Å². The highest BCUT2D eigenvalue weighted by molar-refractivity contribution is 6.00. The molecule has 2 atom stereocenters. The Kier molecular flexibility index (Phi) is 6.25. The number of nitrogens with two attached hydrogens (primary N) is 1. The van der Waals surface area contributed by atoms with Crippen molar-refractivity contribution in [2.45, 2.75) is 37.9 Å². The second kappa shape index (κ2) is 9.05. The quantitative estimate of drug-likeness (QED) is 0.830. The number of carbonyl (C=O) groups excluding carboxylic acids is 1. The molecule has 0 radical (unpaired) electrons. The molecule has 3 aliphatic heterocycles. The minimum Gasteiger partial charge on any atom is -0.342 e. The van der Waals surface area contributed by atoms with Gasteiger partial charge in [-0.3, -0.25) is 9.69 Å². The molecule has 0 bridgehead atoms. The van der Waals surface area contributed by atoms with Crippen molar-refractivity contribution in [2.75, 3.05) is 39.8 Å². The van der Waals surface area contributed by atoms with Crippen LogP contribution in [-0.4, -0.2) is 84.6 Å². The van der Waals surface area contributed by atoms with Crippen LogP contribution in [0.15, 0.2) is 40.3 Å². The maximum absolute atomic E-state index is 13.0. The van der Waals surface area contributed by atoms with Crippen LogP contribution in [0.5, 0.6) is 0 Å². The van der Waals surface area contributed by atoms with Gasteiger partial charge in [0, 0.05) is 58.1 Å². The molecule has 0 saturated carbocycles. The van der Waals surface area contributed by atoms with E-state index >= 15 is 0 Å². The molecule has 0 aromatic heterocycles. The summed E-state index contributed by atoms with van der Waals surface area (Å²) in [6.07, 6.45) is 4.79. The first-order chi connectivity index (χ1) is 14.1. The number of rotatable bonds is 4. The standard InChI is InChI=1S/C22H32N6O/c1-26(20-8-10-27(11-9-20)15-17-5-3-2-4-6-17)21(29)18-13-24-22(25-14-18)28-12-7-19(23)16-28/h2-6,13,18-20H,7-12,14-16,23H2,1H3. The molecule has 3 heterocycles. The lowest BCUT2D eigenvalue weighted by Gasteiger charge is -2.37. The molecule has 2 fully saturated rings. The van der Waals surface area contributed by atoms with Gasteiger partial charge in [0.05, 0.1) is 12.5 Å². The zero-order valence-electron chi connectivity index (χ0n) is 17.3. The number of nitrogens with zero attached hydrogens (tertiary/aromatic N) is 5. The average molecular weight is 397 g/mol. The van der Waals surface area contributed by atoms with Gasteiger partial charge in [-0.2, -0.15) is 0 Å². The van der Waals surface area contributed by atoms with Crippen LogP contribution < -0.4 is 5.73 Å². The number of benzene rings is 1. The molecular weight excluding hydrogens is 364 g/mol. The predicted octanol–water partition coefficient (Wildman–Crippen LogP) is 1.20. The van der Waals surface area contributed by atoms with E-state index in [1.807, 2.05) is 11.9 Å². The van der Waals surface area contributed by atoms with Crippen LogP contribution in [0.1, 0.15) is 24.8 Å². The van der Waals surface area contributed by atoms with E-state index in [0.29, 0.717) is 12.6 Å². The van der Waals surface area contributed by atoms with E-state index in [-0.39, 0.29) is 17.9 Å². The van der Waals surface area contributed by atoms with Gasteiger partial charge in [-0.1, -0.05) is 30.3 Å². The summed E-state index contributed by atoms with van der Waals surface area (Å²) < 4.78 is 0. The predicted molar refractivity (Wildman–Crippen MR) is 116 cm³/mol. The molecular formula is C22H32N6O. The van der Waals surface area contributed by atoms with Crippen LogP contribution in [-0.2, 0) is 11.3 Å². The molecule has 2 N–H and O–H groups in total. The Morgan fingerprint density at radius 2 is 1.93 bits per heavy atom. The lowest BCUT2D eigenvalue weighted by Crippen LogP contribution is -2.48. The maximum atomic E-state index is 13.0. The Balaban J connectivity index is 1.25. The molecule has 7 nitrogen and oxygen atoms in total. The summed E-state index contributed by atoms with van der Waals surface area (Å²) in [5.41, 5.74) is 7.32. The first-order valence-corrected chi connectivity index (χ1v) is 10.7. The van der Waals surface area contributed by atoms with Crippen molar-refractivity contribution in [1.29, 1.82) is 0 Å². The van der Waals surface area contributed by atoms with Gasteiger partial charge in [0.2, 0.25) is 11.9 Å². The van der Waals surface area contributed by atoms with Gasteiger partial charge in [0.25, 0.3) is 0 Å². The van der Waals surface area contributed by atoms with Crippen LogP contribution in [0.25, 0.3) is 0 Å². The second-order valence-corrected chi connectivity index (χ2v) is 8.46. The fourth-order valence-corrected chi connectivity index (χ4v) is 4.46. The van der Waals surface area contributed by atoms with E-state index in [0.717, 1.165) is 57.9 Å². The van der Waals surface area contributed by atoms with Crippen LogP contribution >= 0.6 is 0 Å². The fraction of sp³-hybridized carbons (Fsp3) is 0.591. The van der Waals surface area contributed by atoms with Crippen molar-refractivity contribution in [3.05, 3.63) is 35.9 Å². The molecule has 1 amide bonds. The van der Waals surface area contributed by atoms with E-state index in [2.05, 4.69) is 50.1 Å². The second-order valence-electron chi connectivity index (χ2n) is 8.46. The minimum absolute atomic E-state index is 0.135. The molecule has 2 saturated heterocycles. The molecule has 7 heteroatoms. The summed E-state index contributed by atoms with van der Waals surface area (Å²) in [6.45, 7) is 5.22. The highest BCUT2D eigenvalue weighted by atomic mass is 16.2. The third-order valence-electron chi connectivity index (χ3n) is 6.33. The third kappa shape index (κ3) is 4.85. The Morgan fingerprint density at radius 1 is 1.17 bits per heavy atom. The van der Waals surface area contributed by atoms with Gasteiger partial charge in [-0.15, -0.1) is 0 Å². The van der Waals surface area contributed by atoms with Crippen LogP contribution in [0.3, 0.4) is 0 Å². The normalized spacial score (nSPS) is 25.9. The van der Waals surface area contributed by atoms with Gasteiger partial charge < -0.3 is 15.5 Å². The highest BCUT2D eigenvalue weighted by Gasteiger charge is 2.31. The Hall–Kier alpha value is -2.25. The SMILES string of the molecule is CN(C(=O)C1C=NC(N2CCC(N)C2)=NC1)C1CCN(Cc2ccccc2)CC1. The van der Waals surface area contributed by atoms with E-state index in [1.54, 1.807) is 6.21 Å². The van der Waals surface area contributed by atoms with E-state index in [9.17, 15) is 4.79 Å². The summed E-state index contributed by atoms with van der Waals surface area (Å²) >= 11 is 0. The van der Waals surface area contributed by atoms with E-state index in [4.69, 9.17) is 5.73 Å². The molecule has 0 spiro atoms. The number of guanidine groups is 1. The number of amides is 1. The number of hydrogen-bond acceptors (Lipinski definition) is 6. The van der Waals surface area contributed by atoms with Crippen molar-refractivity contribution in [3.8, 4) is 0 Å². The molecule has 1 aromatic rings. The highest BCUT2D eigenvalue weighted by Crippen LogP contribution is 2.20. The summed E-state index contributed by atoms with van der Waals surface area (Å²) in [5, 5.41) is 0. The molecule has 4 rings (SSSR count). The summed E-state index contributed by atoms with van der Waals surface area (Å²) in [7, 11) is 1.94. The lowest BCUT2D eigenvalue weighted by molar-refractivity contribution is -0.134. The first-order valence-electron chi connectivity index (χ1n) is 10.7. The van der Waals surface area contributed by atoms with Crippen LogP contribution in [0.2, 0.25) is 0 Å². The fourth-order valence-electron chi connectivity index (χ4n) is 4.46. The smallest absolute Gasteiger partial charge is 0.232 e. The topological polar surface area (TPSA) is 77.5 Å². The van der Waals surface area contributed by atoms with Crippen molar-refractivity contribution < 1.29 is 4.79 Å².